The Labute approximate surface area is 139 Å². The molecule has 0 saturated carbocycles. The molecular formula is C16H19FN4O3. The van der Waals surface area contributed by atoms with E-state index in [1.807, 2.05) is 30.3 Å². The number of hydrogen-bond acceptors (Lipinski definition) is 6. The third kappa shape index (κ3) is 5.71. The molecule has 0 fully saturated rings. The molecular weight excluding hydrogens is 315 g/mol. The molecule has 0 atom stereocenters. The number of hydrogen-bond donors (Lipinski definition) is 2. The number of amides is 1. The maximum atomic E-state index is 13.7. The lowest BCUT2D eigenvalue weighted by molar-refractivity contribution is 0.0540. The molecule has 7 nitrogen and oxygen atoms in total. The molecule has 2 N–H and O–H groups in total. The first-order valence-electron chi connectivity index (χ1n) is 7.28. The normalized spacial score (nSPS) is 10.8. The van der Waals surface area contributed by atoms with Crippen molar-refractivity contribution < 1.29 is 18.7 Å². The smallest absolute Gasteiger partial charge is 0.426 e. The van der Waals surface area contributed by atoms with Crippen molar-refractivity contribution in [2.45, 2.75) is 33.0 Å². The van der Waals surface area contributed by atoms with Crippen molar-refractivity contribution >= 4 is 11.9 Å². The van der Waals surface area contributed by atoms with Crippen molar-refractivity contribution in [3.05, 3.63) is 47.9 Å². The molecule has 1 heterocycles. The Morgan fingerprint density at radius 3 is 2.62 bits per heavy atom. The molecule has 0 aliphatic carbocycles. The first kappa shape index (κ1) is 17.5. The molecule has 0 aliphatic heterocycles. The fourth-order valence-electron chi connectivity index (χ4n) is 1.64. The average Bonchev–Trinajstić information content (AvgIpc) is 2.52. The molecule has 1 aromatic heterocycles. The summed E-state index contributed by atoms with van der Waals surface area (Å²) in [6, 6.07) is 9.39. The van der Waals surface area contributed by atoms with Crippen LogP contribution in [0.15, 0.2) is 36.5 Å². The summed E-state index contributed by atoms with van der Waals surface area (Å²) in [5.74, 6) is -0.961. The monoisotopic (exact) mass is 334 g/mol. The summed E-state index contributed by atoms with van der Waals surface area (Å²) in [5, 5.41) is 0. The van der Waals surface area contributed by atoms with E-state index in [4.69, 9.17) is 9.47 Å². The van der Waals surface area contributed by atoms with E-state index in [-0.39, 0.29) is 18.4 Å². The number of halogens is 1. The summed E-state index contributed by atoms with van der Waals surface area (Å²) in [4.78, 5) is 19.2. The summed E-state index contributed by atoms with van der Waals surface area (Å²) in [5.41, 5.74) is 4.80. The molecule has 128 valence electrons. The van der Waals surface area contributed by atoms with E-state index in [1.165, 1.54) is 0 Å². The number of carbonyl (C=O) groups is 1. The van der Waals surface area contributed by atoms with Crippen molar-refractivity contribution in [2.24, 2.45) is 0 Å². The van der Waals surface area contributed by atoms with Gasteiger partial charge in [-0.2, -0.15) is 4.98 Å². The van der Waals surface area contributed by atoms with Gasteiger partial charge in [-0.1, -0.05) is 30.3 Å². The molecule has 0 spiro atoms. The number of hydrazine groups is 1. The summed E-state index contributed by atoms with van der Waals surface area (Å²) in [6.45, 7) is 5.39. The van der Waals surface area contributed by atoms with Crippen molar-refractivity contribution in [3.8, 4) is 6.01 Å². The van der Waals surface area contributed by atoms with Gasteiger partial charge >= 0.3 is 12.1 Å². The number of aromatic nitrogens is 2. The summed E-state index contributed by atoms with van der Waals surface area (Å²) in [6.07, 6.45) is 0.194. The Morgan fingerprint density at radius 1 is 1.25 bits per heavy atom. The van der Waals surface area contributed by atoms with Crippen LogP contribution in [0.25, 0.3) is 0 Å². The number of rotatable bonds is 5. The van der Waals surface area contributed by atoms with E-state index in [0.717, 1.165) is 11.8 Å². The van der Waals surface area contributed by atoms with Crippen LogP contribution in [0.4, 0.5) is 15.0 Å². The highest BCUT2D eigenvalue weighted by atomic mass is 19.1. The van der Waals surface area contributed by atoms with E-state index in [0.29, 0.717) is 0 Å². The van der Waals surface area contributed by atoms with Gasteiger partial charge in [0.1, 0.15) is 12.2 Å². The van der Waals surface area contributed by atoms with Gasteiger partial charge in [-0.15, -0.1) is 0 Å². The Bertz CT molecular complexity index is 689. The number of benzene rings is 1. The minimum Gasteiger partial charge on any atom is -0.459 e. The van der Waals surface area contributed by atoms with Crippen LogP contribution in [0, 0.1) is 5.82 Å². The Kier molecular flexibility index (Phi) is 5.51. The lowest BCUT2D eigenvalue weighted by Gasteiger charge is -2.20. The zero-order chi connectivity index (χ0) is 17.6. The Balaban J connectivity index is 1.94. The highest BCUT2D eigenvalue weighted by Crippen LogP contribution is 2.14. The van der Waals surface area contributed by atoms with Crippen LogP contribution in [0.5, 0.6) is 6.01 Å². The van der Waals surface area contributed by atoms with Crippen LogP contribution in [0.2, 0.25) is 0 Å². The molecule has 0 aliphatic rings. The van der Waals surface area contributed by atoms with E-state index in [2.05, 4.69) is 20.8 Å². The zero-order valence-corrected chi connectivity index (χ0v) is 13.7. The lowest BCUT2D eigenvalue weighted by atomic mass is 10.2. The van der Waals surface area contributed by atoms with E-state index in [9.17, 15) is 9.18 Å². The maximum Gasteiger partial charge on any atom is 0.426 e. The van der Waals surface area contributed by atoms with Crippen LogP contribution < -0.4 is 15.6 Å². The molecule has 24 heavy (non-hydrogen) atoms. The van der Waals surface area contributed by atoms with Crippen LogP contribution in [-0.2, 0) is 11.3 Å². The molecule has 0 bridgehead atoms. The van der Waals surface area contributed by atoms with Crippen molar-refractivity contribution in [3.63, 3.8) is 0 Å². The average molecular weight is 334 g/mol. The number of nitrogens with one attached hydrogen (secondary N) is 2. The minimum atomic E-state index is -0.757. The predicted octanol–water partition coefficient (Wildman–Crippen LogP) is 3.05. The van der Waals surface area contributed by atoms with Gasteiger partial charge in [0.15, 0.2) is 11.6 Å². The molecule has 1 amide bonds. The summed E-state index contributed by atoms with van der Waals surface area (Å²) >= 11 is 0. The van der Waals surface area contributed by atoms with Crippen molar-refractivity contribution in [1.29, 1.82) is 0 Å². The third-order valence-corrected chi connectivity index (χ3v) is 2.61. The quantitative estimate of drug-likeness (QED) is 0.818. The second kappa shape index (κ2) is 7.58. The van der Waals surface area contributed by atoms with Gasteiger partial charge in [-0.25, -0.2) is 19.6 Å². The summed E-state index contributed by atoms with van der Waals surface area (Å²) < 4.78 is 24.1. The molecule has 0 unspecified atom stereocenters. The molecule has 1 aromatic carbocycles. The number of carbonyl (C=O) groups excluding carboxylic acids is 1. The Morgan fingerprint density at radius 2 is 1.96 bits per heavy atom. The van der Waals surface area contributed by atoms with Gasteiger partial charge in [0, 0.05) is 0 Å². The number of nitrogens with zero attached hydrogens (tertiary/aromatic N) is 2. The molecule has 0 radical (unpaired) electrons. The van der Waals surface area contributed by atoms with Crippen LogP contribution in [0.3, 0.4) is 0 Å². The highest BCUT2D eigenvalue weighted by Gasteiger charge is 2.16. The van der Waals surface area contributed by atoms with Crippen LogP contribution in [0.1, 0.15) is 26.3 Å². The summed E-state index contributed by atoms with van der Waals surface area (Å²) in [7, 11) is 0. The van der Waals surface area contributed by atoms with Crippen LogP contribution >= 0.6 is 0 Å². The zero-order valence-electron chi connectivity index (χ0n) is 13.7. The second-order valence-electron chi connectivity index (χ2n) is 5.88. The molecule has 0 saturated heterocycles. The van der Waals surface area contributed by atoms with Gasteiger partial charge in [0.25, 0.3) is 0 Å². The minimum absolute atomic E-state index is 0.0197. The van der Waals surface area contributed by atoms with Gasteiger partial charge in [0.05, 0.1) is 6.20 Å². The van der Waals surface area contributed by atoms with Gasteiger partial charge in [-0.05, 0) is 26.3 Å². The highest BCUT2D eigenvalue weighted by molar-refractivity contribution is 5.69. The first-order valence-corrected chi connectivity index (χ1v) is 7.28. The SMILES string of the molecule is CC(C)(C)OC(=O)NNc1nc(OCc2ccccc2)ncc1F. The first-order chi connectivity index (χ1) is 11.3. The van der Waals surface area contributed by atoms with Crippen molar-refractivity contribution in [2.75, 3.05) is 5.43 Å². The fraction of sp³-hybridized carbons (Fsp3) is 0.312. The lowest BCUT2D eigenvalue weighted by Crippen LogP contribution is -2.36. The molecule has 2 aromatic rings. The number of ether oxygens (including phenoxy) is 2. The topological polar surface area (TPSA) is 85.4 Å². The largest absolute Gasteiger partial charge is 0.459 e. The predicted molar refractivity (Wildman–Crippen MR) is 85.8 cm³/mol. The van der Waals surface area contributed by atoms with E-state index < -0.39 is 17.5 Å². The van der Waals surface area contributed by atoms with Crippen LogP contribution in [-0.4, -0.2) is 21.7 Å². The maximum absolute atomic E-state index is 13.7. The fourth-order valence-corrected chi connectivity index (χ4v) is 1.64. The third-order valence-electron chi connectivity index (χ3n) is 2.61. The van der Waals surface area contributed by atoms with Gasteiger partial charge in [-0.3, -0.25) is 5.43 Å². The molecule has 8 heteroatoms. The molecule has 2 rings (SSSR count). The van der Waals surface area contributed by atoms with Gasteiger partial charge < -0.3 is 9.47 Å². The van der Waals surface area contributed by atoms with Crippen molar-refractivity contribution in [1.82, 2.24) is 15.4 Å². The second-order valence-corrected chi connectivity index (χ2v) is 5.88. The van der Waals surface area contributed by atoms with E-state index >= 15 is 0 Å². The number of anilines is 1. The van der Waals surface area contributed by atoms with Gasteiger partial charge in [0.2, 0.25) is 0 Å². The Hall–Kier alpha value is -2.90. The standard InChI is InChI=1S/C16H19FN4O3/c1-16(2,3)24-15(22)21-20-13-12(17)9-18-14(19-13)23-10-11-7-5-4-6-8-11/h4-9H,10H2,1-3H3,(H,21,22)(H,18,19,20). The van der Waals surface area contributed by atoms with E-state index in [1.54, 1.807) is 20.8 Å².